The van der Waals surface area contributed by atoms with E-state index in [1.165, 1.54) is 0 Å². The molecule has 1 aromatic carbocycles. The van der Waals surface area contributed by atoms with Crippen LogP contribution in [-0.2, 0) is 16.4 Å². The van der Waals surface area contributed by atoms with Gasteiger partial charge in [-0.15, -0.1) is 0 Å². The molecule has 102 valence electrons. The van der Waals surface area contributed by atoms with Crippen molar-refractivity contribution in [1.29, 1.82) is 0 Å². The summed E-state index contributed by atoms with van der Waals surface area (Å²) in [5, 5.41) is 10.0. The van der Waals surface area contributed by atoms with Crippen molar-refractivity contribution in [1.82, 2.24) is 10.2 Å². The number of aromatic nitrogens is 2. The van der Waals surface area contributed by atoms with Gasteiger partial charge in [0.05, 0.1) is 16.8 Å². The largest absolute Gasteiger partial charge is 0.381 e. The molecule has 0 saturated heterocycles. The van der Waals surface area contributed by atoms with Gasteiger partial charge in [-0.3, -0.25) is 5.10 Å². The van der Waals surface area contributed by atoms with Crippen LogP contribution in [0.2, 0.25) is 0 Å². The first kappa shape index (κ1) is 13.6. The zero-order valence-corrected chi connectivity index (χ0v) is 11.8. The fourth-order valence-electron chi connectivity index (χ4n) is 1.70. The summed E-state index contributed by atoms with van der Waals surface area (Å²) in [6, 6.07) is 6.81. The number of rotatable bonds is 5. The average Bonchev–Trinajstić information content (AvgIpc) is 2.82. The lowest BCUT2D eigenvalue weighted by atomic mass is 10.2. The molecule has 2 N–H and O–H groups in total. The summed E-state index contributed by atoms with van der Waals surface area (Å²) in [6.45, 7) is 4.26. The van der Waals surface area contributed by atoms with Crippen LogP contribution >= 0.6 is 0 Å². The van der Waals surface area contributed by atoms with Crippen molar-refractivity contribution in [3.05, 3.63) is 41.7 Å². The number of hydrogen-bond acceptors (Lipinski definition) is 4. The van der Waals surface area contributed by atoms with Crippen molar-refractivity contribution < 1.29 is 8.42 Å². The first-order valence-electron chi connectivity index (χ1n) is 6.08. The Morgan fingerprint density at radius 2 is 1.95 bits per heavy atom. The van der Waals surface area contributed by atoms with E-state index < -0.39 is 9.84 Å². The first-order chi connectivity index (χ1) is 9.03. The second kappa shape index (κ2) is 5.44. The van der Waals surface area contributed by atoms with Gasteiger partial charge in [0.1, 0.15) is 0 Å². The van der Waals surface area contributed by atoms with E-state index in [0.29, 0.717) is 11.4 Å². The monoisotopic (exact) mass is 279 g/mol. The number of nitrogens with one attached hydrogen (secondary N) is 2. The number of aromatic amines is 1. The summed E-state index contributed by atoms with van der Waals surface area (Å²) in [5.41, 5.74) is 3.00. The third kappa shape index (κ3) is 3.14. The zero-order valence-electron chi connectivity index (χ0n) is 11.0. The summed E-state index contributed by atoms with van der Waals surface area (Å²) in [6.07, 6.45) is 1.78. The Kier molecular flexibility index (Phi) is 3.90. The van der Waals surface area contributed by atoms with Gasteiger partial charge in [-0.1, -0.05) is 6.92 Å². The molecule has 0 unspecified atom stereocenters. The van der Waals surface area contributed by atoms with Gasteiger partial charge in [0, 0.05) is 23.5 Å². The molecule has 0 aliphatic heterocycles. The number of nitrogens with zero attached hydrogens (tertiary/aromatic N) is 1. The fraction of sp³-hybridized carbons (Fsp3) is 0.308. The van der Waals surface area contributed by atoms with E-state index in [0.717, 1.165) is 16.9 Å². The van der Waals surface area contributed by atoms with Gasteiger partial charge in [0.15, 0.2) is 9.84 Å². The van der Waals surface area contributed by atoms with Crippen molar-refractivity contribution in [3.63, 3.8) is 0 Å². The lowest BCUT2D eigenvalue weighted by Crippen LogP contribution is -2.04. The molecule has 2 rings (SSSR count). The lowest BCUT2D eigenvalue weighted by Gasteiger charge is -2.07. The van der Waals surface area contributed by atoms with Crippen LogP contribution in [0.4, 0.5) is 5.69 Å². The quantitative estimate of drug-likeness (QED) is 0.879. The SMILES string of the molecule is CCS(=O)(=O)c1ccc(NCc2cn[nH]c2C)cc1. The minimum Gasteiger partial charge on any atom is -0.381 e. The van der Waals surface area contributed by atoms with E-state index in [4.69, 9.17) is 0 Å². The molecule has 1 heterocycles. The molecule has 0 atom stereocenters. The molecule has 6 heteroatoms. The molecule has 0 amide bonds. The molecule has 0 spiro atoms. The molecule has 2 aromatic rings. The Labute approximate surface area is 113 Å². The smallest absolute Gasteiger partial charge is 0.178 e. The van der Waals surface area contributed by atoms with Crippen LogP contribution in [0, 0.1) is 6.92 Å². The molecule has 1 aromatic heterocycles. The molecule has 0 bridgehead atoms. The third-order valence-corrected chi connectivity index (χ3v) is 4.76. The van der Waals surface area contributed by atoms with E-state index in [9.17, 15) is 8.42 Å². The number of H-pyrrole nitrogens is 1. The maximum absolute atomic E-state index is 11.7. The predicted octanol–water partition coefficient (Wildman–Crippen LogP) is 2.12. The minimum absolute atomic E-state index is 0.119. The van der Waals surface area contributed by atoms with Crippen LogP contribution in [0.15, 0.2) is 35.4 Å². The molecule has 0 aliphatic carbocycles. The maximum atomic E-state index is 11.7. The first-order valence-corrected chi connectivity index (χ1v) is 7.73. The second-order valence-corrected chi connectivity index (χ2v) is 6.58. The highest BCUT2D eigenvalue weighted by Crippen LogP contribution is 2.16. The van der Waals surface area contributed by atoms with E-state index in [-0.39, 0.29) is 5.75 Å². The highest BCUT2D eigenvalue weighted by molar-refractivity contribution is 7.91. The van der Waals surface area contributed by atoms with Crippen molar-refractivity contribution in [2.24, 2.45) is 0 Å². The number of sulfone groups is 1. The standard InChI is InChI=1S/C13H17N3O2S/c1-3-19(17,18)13-6-4-12(5-7-13)14-8-11-9-15-16-10(11)2/h4-7,9,14H,3,8H2,1-2H3,(H,15,16). The number of aryl methyl sites for hydroxylation is 1. The van der Waals surface area contributed by atoms with Crippen LogP contribution in [0.3, 0.4) is 0 Å². The van der Waals surface area contributed by atoms with Gasteiger partial charge in [0.2, 0.25) is 0 Å². The van der Waals surface area contributed by atoms with Crippen LogP contribution in [0.5, 0.6) is 0 Å². The minimum atomic E-state index is -3.12. The molecule has 0 saturated carbocycles. The van der Waals surface area contributed by atoms with Gasteiger partial charge < -0.3 is 5.32 Å². The molecule has 5 nitrogen and oxygen atoms in total. The normalized spacial score (nSPS) is 11.5. The van der Waals surface area contributed by atoms with Gasteiger partial charge in [-0.2, -0.15) is 5.10 Å². The average molecular weight is 279 g/mol. The Balaban J connectivity index is 2.06. The number of hydrogen-bond donors (Lipinski definition) is 2. The summed E-state index contributed by atoms with van der Waals surface area (Å²) >= 11 is 0. The maximum Gasteiger partial charge on any atom is 0.178 e. The Hall–Kier alpha value is -1.82. The van der Waals surface area contributed by atoms with Crippen molar-refractivity contribution in [3.8, 4) is 0 Å². The van der Waals surface area contributed by atoms with E-state index in [1.807, 2.05) is 6.92 Å². The zero-order chi connectivity index (χ0) is 13.9. The number of benzene rings is 1. The molecule has 0 aliphatic rings. The number of anilines is 1. The Morgan fingerprint density at radius 3 is 2.47 bits per heavy atom. The van der Waals surface area contributed by atoms with Crippen molar-refractivity contribution in [2.45, 2.75) is 25.3 Å². The summed E-state index contributed by atoms with van der Waals surface area (Å²) < 4.78 is 23.3. The van der Waals surface area contributed by atoms with Crippen LogP contribution in [0.1, 0.15) is 18.2 Å². The summed E-state index contributed by atoms with van der Waals surface area (Å²) in [7, 11) is -3.12. The molecular formula is C13H17N3O2S. The van der Waals surface area contributed by atoms with Gasteiger partial charge in [-0.05, 0) is 31.2 Å². The van der Waals surface area contributed by atoms with Gasteiger partial charge in [0.25, 0.3) is 0 Å². The fourth-order valence-corrected chi connectivity index (χ4v) is 2.58. The Morgan fingerprint density at radius 1 is 1.26 bits per heavy atom. The van der Waals surface area contributed by atoms with Gasteiger partial charge in [-0.25, -0.2) is 8.42 Å². The van der Waals surface area contributed by atoms with Crippen LogP contribution < -0.4 is 5.32 Å². The molecule has 0 fully saturated rings. The Bertz CT molecular complexity index is 645. The highest BCUT2D eigenvalue weighted by Gasteiger charge is 2.10. The van der Waals surface area contributed by atoms with E-state index >= 15 is 0 Å². The van der Waals surface area contributed by atoms with Gasteiger partial charge >= 0.3 is 0 Å². The lowest BCUT2D eigenvalue weighted by molar-refractivity contribution is 0.597. The third-order valence-electron chi connectivity index (χ3n) is 3.01. The van der Waals surface area contributed by atoms with Crippen molar-refractivity contribution >= 4 is 15.5 Å². The van der Waals surface area contributed by atoms with Crippen LogP contribution in [-0.4, -0.2) is 24.4 Å². The van der Waals surface area contributed by atoms with E-state index in [2.05, 4.69) is 15.5 Å². The summed E-state index contributed by atoms with van der Waals surface area (Å²) in [5.74, 6) is 0.119. The second-order valence-electron chi connectivity index (χ2n) is 4.30. The topological polar surface area (TPSA) is 74.8 Å². The highest BCUT2D eigenvalue weighted by atomic mass is 32.2. The van der Waals surface area contributed by atoms with Crippen molar-refractivity contribution in [2.75, 3.05) is 11.1 Å². The molecular weight excluding hydrogens is 262 g/mol. The predicted molar refractivity (Wildman–Crippen MR) is 74.8 cm³/mol. The molecule has 19 heavy (non-hydrogen) atoms. The summed E-state index contributed by atoms with van der Waals surface area (Å²) in [4.78, 5) is 0.361. The molecule has 0 radical (unpaired) electrons. The van der Waals surface area contributed by atoms with Crippen LogP contribution in [0.25, 0.3) is 0 Å². The van der Waals surface area contributed by atoms with E-state index in [1.54, 1.807) is 37.4 Å².